The largest absolute Gasteiger partial charge is 0.344 e. The Hall–Kier alpha value is -1.06. The Morgan fingerprint density at radius 3 is 2.47 bits per heavy atom. The molecule has 2 amide bonds. The topological polar surface area (TPSA) is 49.4 Å². The average molecular weight is 268 g/mol. The summed E-state index contributed by atoms with van der Waals surface area (Å²) in [5, 5.41) is 2.87. The van der Waals surface area contributed by atoms with Gasteiger partial charge in [0.05, 0.1) is 0 Å². The molecule has 110 valence electrons. The van der Waals surface area contributed by atoms with Gasteiger partial charge in [0, 0.05) is 19.5 Å². The fourth-order valence-corrected chi connectivity index (χ4v) is 2.32. The predicted molar refractivity (Wildman–Crippen MR) is 76.7 cm³/mol. The van der Waals surface area contributed by atoms with Crippen molar-refractivity contribution in [1.29, 1.82) is 0 Å². The normalized spacial score (nSPS) is 21.6. The van der Waals surface area contributed by atoms with Gasteiger partial charge in [0.25, 0.3) is 0 Å². The van der Waals surface area contributed by atoms with Gasteiger partial charge in [-0.25, -0.2) is 0 Å². The second-order valence-electron chi connectivity index (χ2n) is 6.98. The Balaban J connectivity index is 2.70. The molecule has 1 aliphatic heterocycles. The fourth-order valence-electron chi connectivity index (χ4n) is 2.32. The SMILES string of the molecule is CC(C)CCCN1CCC(=O)NC(C(C)(C)C)C1=O. The third kappa shape index (κ3) is 4.84. The number of nitrogens with one attached hydrogen (secondary N) is 1. The van der Waals surface area contributed by atoms with E-state index < -0.39 is 6.04 Å². The molecule has 0 aromatic heterocycles. The zero-order chi connectivity index (χ0) is 14.6. The summed E-state index contributed by atoms with van der Waals surface area (Å²) >= 11 is 0. The Bertz CT molecular complexity index is 332. The summed E-state index contributed by atoms with van der Waals surface area (Å²) in [6, 6.07) is -0.401. The molecule has 0 radical (unpaired) electrons. The van der Waals surface area contributed by atoms with E-state index in [0.717, 1.165) is 19.4 Å². The van der Waals surface area contributed by atoms with E-state index in [-0.39, 0.29) is 17.2 Å². The molecule has 1 rings (SSSR count). The van der Waals surface area contributed by atoms with Crippen LogP contribution in [0, 0.1) is 11.3 Å². The van der Waals surface area contributed by atoms with Gasteiger partial charge < -0.3 is 10.2 Å². The van der Waals surface area contributed by atoms with Gasteiger partial charge in [-0.1, -0.05) is 34.6 Å². The molecule has 0 aromatic rings. The maximum Gasteiger partial charge on any atom is 0.245 e. The Morgan fingerprint density at radius 1 is 1.32 bits per heavy atom. The van der Waals surface area contributed by atoms with Gasteiger partial charge >= 0.3 is 0 Å². The lowest BCUT2D eigenvalue weighted by Crippen LogP contribution is -2.52. The third-order valence-corrected chi connectivity index (χ3v) is 3.55. The van der Waals surface area contributed by atoms with Crippen molar-refractivity contribution in [3.05, 3.63) is 0 Å². The van der Waals surface area contributed by atoms with Gasteiger partial charge in [0.15, 0.2) is 0 Å². The quantitative estimate of drug-likeness (QED) is 0.849. The number of hydrogen-bond donors (Lipinski definition) is 1. The third-order valence-electron chi connectivity index (χ3n) is 3.55. The average Bonchev–Trinajstić information content (AvgIpc) is 2.40. The van der Waals surface area contributed by atoms with Crippen LogP contribution >= 0.6 is 0 Å². The van der Waals surface area contributed by atoms with Crippen LogP contribution in [0.4, 0.5) is 0 Å². The van der Waals surface area contributed by atoms with Gasteiger partial charge in [-0.2, -0.15) is 0 Å². The van der Waals surface area contributed by atoms with Crippen molar-refractivity contribution in [2.45, 2.75) is 59.9 Å². The van der Waals surface area contributed by atoms with E-state index in [1.54, 1.807) is 0 Å². The number of nitrogens with zero attached hydrogens (tertiary/aromatic N) is 1. The summed E-state index contributed by atoms with van der Waals surface area (Å²) in [6.07, 6.45) is 2.54. The number of hydrogen-bond acceptors (Lipinski definition) is 2. The standard InChI is InChI=1S/C15H28N2O2/c1-11(2)7-6-9-17-10-8-12(18)16-13(14(17)19)15(3,4)5/h11,13H,6-10H2,1-5H3,(H,16,18). The molecular formula is C15H28N2O2. The molecule has 0 aliphatic carbocycles. The molecule has 1 unspecified atom stereocenters. The first-order chi connectivity index (χ1) is 8.71. The lowest BCUT2D eigenvalue weighted by molar-refractivity contribution is -0.136. The first kappa shape index (κ1) is 16.0. The first-order valence-corrected chi connectivity index (χ1v) is 7.30. The summed E-state index contributed by atoms with van der Waals surface area (Å²) in [5.41, 5.74) is -0.243. The van der Waals surface area contributed by atoms with Crippen molar-refractivity contribution in [3.63, 3.8) is 0 Å². The highest BCUT2D eigenvalue weighted by Crippen LogP contribution is 2.23. The van der Waals surface area contributed by atoms with Crippen LogP contribution in [0.3, 0.4) is 0 Å². The Morgan fingerprint density at radius 2 is 1.95 bits per heavy atom. The van der Waals surface area contributed by atoms with Crippen LogP contribution in [0.2, 0.25) is 0 Å². The molecule has 1 atom stereocenters. The second-order valence-corrected chi connectivity index (χ2v) is 6.98. The fraction of sp³-hybridized carbons (Fsp3) is 0.867. The lowest BCUT2D eigenvalue weighted by Gasteiger charge is -2.32. The van der Waals surface area contributed by atoms with Crippen LogP contribution in [0.25, 0.3) is 0 Å². The van der Waals surface area contributed by atoms with Crippen LogP contribution in [-0.4, -0.2) is 35.8 Å². The van der Waals surface area contributed by atoms with Crippen LogP contribution in [0.5, 0.6) is 0 Å². The predicted octanol–water partition coefficient (Wildman–Crippen LogP) is 2.19. The molecule has 0 saturated carbocycles. The van der Waals surface area contributed by atoms with E-state index in [9.17, 15) is 9.59 Å². The monoisotopic (exact) mass is 268 g/mol. The van der Waals surface area contributed by atoms with E-state index in [0.29, 0.717) is 18.9 Å². The molecular weight excluding hydrogens is 240 g/mol. The van der Waals surface area contributed by atoms with E-state index in [2.05, 4.69) is 19.2 Å². The van der Waals surface area contributed by atoms with Crippen LogP contribution in [0.15, 0.2) is 0 Å². The highest BCUT2D eigenvalue weighted by Gasteiger charge is 2.37. The van der Waals surface area contributed by atoms with Gasteiger partial charge in [0.1, 0.15) is 6.04 Å². The Kier molecular flexibility index (Phi) is 5.39. The lowest BCUT2D eigenvalue weighted by atomic mass is 9.86. The van der Waals surface area contributed by atoms with Crippen molar-refractivity contribution < 1.29 is 9.59 Å². The zero-order valence-corrected chi connectivity index (χ0v) is 13.0. The first-order valence-electron chi connectivity index (χ1n) is 7.30. The molecule has 1 N–H and O–H groups in total. The van der Waals surface area contributed by atoms with Crippen molar-refractivity contribution in [3.8, 4) is 0 Å². The van der Waals surface area contributed by atoms with Crippen LogP contribution in [0.1, 0.15) is 53.9 Å². The van der Waals surface area contributed by atoms with Gasteiger partial charge in [0.2, 0.25) is 11.8 Å². The summed E-state index contributed by atoms with van der Waals surface area (Å²) in [6.45, 7) is 11.7. The zero-order valence-electron chi connectivity index (χ0n) is 13.0. The van der Waals surface area contributed by atoms with Gasteiger partial charge in [-0.05, 0) is 24.2 Å². The molecule has 1 saturated heterocycles. The van der Waals surface area contributed by atoms with E-state index in [1.165, 1.54) is 0 Å². The molecule has 4 heteroatoms. The molecule has 1 fully saturated rings. The number of amides is 2. The van der Waals surface area contributed by atoms with E-state index >= 15 is 0 Å². The molecule has 1 heterocycles. The highest BCUT2D eigenvalue weighted by atomic mass is 16.2. The maximum absolute atomic E-state index is 12.5. The van der Waals surface area contributed by atoms with Crippen molar-refractivity contribution >= 4 is 11.8 Å². The molecule has 0 aromatic carbocycles. The minimum absolute atomic E-state index is 0.0142. The maximum atomic E-state index is 12.5. The van der Waals surface area contributed by atoms with E-state index in [1.807, 2.05) is 25.7 Å². The summed E-state index contributed by atoms with van der Waals surface area (Å²) in [7, 11) is 0. The molecule has 0 spiro atoms. The van der Waals surface area contributed by atoms with E-state index in [4.69, 9.17) is 0 Å². The van der Waals surface area contributed by atoms with Crippen molar-refractivity contribution in [1.82, 2.24) is 10.2 Å². The van der Waals surface area contributed by atoms with Gasteiger partial charge in [-0.15, -0.1) is 0 Å². The second kappa shape index (κ2) is 6.40. The van der Waals surface area contributed by atoms with Crippen molar-refractivity contribution in [2.75, 3.05) is 13.1 Å². The molecule has 4 nitrogen and oxygen atoms in total. The molecule has 19 heavy (non-hydrogen) atoms. The minimum atomic E-state index is -0.401. The summed E-state index contributed by atoms with van der Waals surface area (Å²) in [4.78, 5) is 26.1. The molecule has 1 aliphatic rings. The van der Waals surface area contributed by atoms with Crippen LogP contribution in [-0.2, 0) is 9.59 Å². The number of rotatable bonds is 4. The Labute approximate surface area is 116 Å². The minimum Gasteiger partial charge on any atom is -0.344 e. The smallest absolute Gasteiger partial charge is 0.245 e. The van der Waals surface area contributed by atoms with Crippen molar-refractivity contribution in [2.24, 2.45) is 11.3 Å². The van der Waals surface area contributed by atoms with Crippen LogP contribution < -0.4 is 5.32 Å². The number of carbonyl (C=O) groups is 2. The van der Waals surface area contributed by atoms with Gasteiger partial charge in [-0.3, -0.25) is 9.59 Å². The number of carbonyl (C=O) groups excluding carboxylic acids is 2. The highest BCUT2D eigenvalue weighted by molar-refractivity contribution is 5.90. The summed E-state index contributed by atoms with van der Waals surface area (Å²) in [5.74, 6) is 0.710. The molecule has 0 bridgehead atoms. The summed E-state index contributed by atoms with van der Waals surface area (Å²) < 4.78 is 0.